The van der Waals surface area contributed by atoms with Crippen LogP contribution in [-0.4, -0.2) is 25.2 Å². The van der Waals surface area contributed by atoms with Gasteiger partial charge in [-0.15, -0.1) is 0 Å². The van der Waals surface area contributed by atoms with Crippen molar-refractivity contribution in [3.05, 3.63) is 97.1 Å². The van der Waals surface area contributed by atoms with Crippen molar-refractivity contribution >= 4 is 34.7 Å². The third kappa shape index (κ3) is 13.2. The molecule has 0 saturated heterocycles. The first kappa shape index (κ1) is 39.8. The van der Waals surface area contributed by atoms with E-state index in [4.69, 9.17) is 18.9 Å². The van der Waals surface area contributed by atoms with E-state index in [9.17, 15) is 9.59 Å². The van der Waals surface area contributed by atoms with Gasteiger partial charge in [0.25, 0.3) is 0 Å². The van der Waals surface area contributed by atoms with Gasteiger partial charge in [0, 0.05) is 0 Å². The predicted molar refractivity (Wildman–Crippen MR) is 210 cm³/mol. The first-order valence-corrected chi connectivity index (χ1v) is 19.4. The quantitative estimate of drug-likeness (QED) is 0.0386. The second-order valence-corrected chi connectivity index (χ2v) is 13.5. The van der Waals surface area contributed by atoms with Crippen LogP contribution in [0.1, 0.15) is 90.9 Å². The zero-order valence-corrected chi connectivity index (χ0v) is 31.5. The van der Waals surface area contributed by atoms with Gasteiger partial charge in [-0.25, -0.2) is 0 Å². The van der Waals surface area contributed by atoms with Crippen molar-refractivity contribution in [1.82, 2.24) is 0 Å². The second-order valence-electron chi connectivity index (χ2n) is 13.5. The number of carbonyl (C=O) groups excluding carboxylic acids is 2. The van der Waals surface area contributed by atoms with Gasteiger partial charge in [0.2, 0.25) is 0 Å². The number of esters is 2. The van der Waals surface area contributed by atoms with E-state index >= 15 is 0 Å². The van der Waals surface area contributed by atoms with E-state index in [1.54, 1.807) is 48.5 Å². The van der Waals surface area contributed by atoms with Gasteiger partial charge in [-0.05, 0) is 123 Å². The Morgan fingerprint density at radius 3 is 1.09 bits per heavy atom. The van der Waals surface area contributed by atoms with Gasteiger partial charge in [-0.1, -0.05) is 65.2 Å². The lowest BCUT2D eigenvalue weighted by atomic mass is 9.79. The Labute approximate surface area is 319 Å². The smallest absolute Gasteiger partial charge is 0.315 e. The zero-order valence-electron chi connectivity index (χ0n) is 31.5. The molecule has 1 fully saturated rings. The van der Waals surface area contributed by atoms with Crippen molar-refractivity contribution < 1.29 is 28.5 Å². The third-order valence-corrected chi connectivity index (χ3v) is 9.25. The largest absolute Gasteiger partial charge is 0.494 e. The van der Waals surface area contributed by atoms with Crippen molar-refractivity contribution in [3.63, 3.8) is 0 Å². The molecule has 54 heavy (non-hydrogen) atoms. The number of benzene rings is 4. The van der Waals surface area contributed by atoms with Gasteiger partial charge < -0.3 is 18.9 Å². The van der Waals surface area contributed by atoms with Gasteiger partial charge in [0.1, 0.15) is 23.0 Å². The SMILES string of the molecule is CCCCCCOc1ccc(N=Nc2ccc(OC(=O)[C@@H]3CCCC[C@H]3C(=O)Oc3ccc(N=Nc4ccc(OCCCCCC)cc4)cc3)cc2)cc1. The number of hydrogen-bond acceptors (Lipinski definition) is 10. The van der Waals surface area contributed by atoms with E-state index in [2.05, 4.69) is 34.3 Å². The molecule has 0 N–H and O–H groups in total. The molecule has 0 spiro atoms. The number of rotatable bonds is 20. The lowest BCUT2D eigenvalue weighted by molar-refractivity contribution is -0.152. The molecule has 0 unspecified atom stereocenters. The van der Waals surface area contributed by atoms with E-state index in [1.165, 1.54) is 38.5 Å². The molecule has 1 aliphatic carbocycles. The zero-order chi connectivity index (χ0) is 37.8. The van der Waals surface area contributed by atoms with Crippen LogP contribution >= 0.6 is 0 Å². The fourth-order valence-corrected chi connectivity index (χ4v) is 6.13. The molecule has 1 aliphatic rings. The van der Waals surface area contributed by atoms with E-state index in [-0.39, 0.29) is 0 Å². The van der Waals surface area contributed by atoms with Gasteiger partial charge >= 0.3 is 11.9 Å². The molecule has 0 bridgehead atoms. The highest BCUT2D eigenvalue weighted by molar-refractivity contribution is 5.84. The summed E-state index contributed by atoms with van der Waals surface area (Å²) < 4.78 is 23.0. The molecule has 0 radical (unpaired) electrons. The van der Waals surface area contributed by atoms with Gasteiger partial charge in [0.05, 0.1) is 47.8 Å². The molecule has 4 aromatic carbocycles. The van der Waals surface area contributed by atoms with Gasteiger partial charge in [-0.2, -0.15) is 20.5 Å². The molecular formula is C44H52N4O6. The maximum Gasteiger partial charge on any atom is 0.315 e. The maximum atomic E-state index is 13.3. The normalized spacial score (nSPS) is 15.7. The highest BCUT2D eigenvalue weighted by Gasteiger charge is 2.38. The molecule has 0 heterocycles. The summed E-state index contributed by atoms with van der Waals surface area (Å²) in [5.74, 6) is 0.306. The summed E-state index contributed by atoms with van der Waals surface area (Å²) >= 11 is 0. The van der Waals surface area contributed by atoms with E-state index in [0.29, 0.717) is 60.3 Å². The first-order chi connectivity index (χ1) is 26.5. The Bertz CT molecular complexity index is 1640. The van der Waals surface area contributed by atoms with Gasteiger partial charge in [0.15, 0.2) is 0 Å². The minimum Gasteiger partial charge on any atom is -0.494 e. The Hall–Kier alpha value is -5.38. The van der Waals surface area contributed by atoms with Crippen molar-refractivity contribution in [2.24, 2.45) is 32.3 Å². The Morgan fingerprint density at radius 2 is 0.778 bits per heavy atom. The van der Waals surface area contributed by atoms with Crippen molar-refractivity contribution in [2.45, 2.75) is 90.9 Å². The second kappa shape index (κ2) is 22.0. The summed E-state index contributed by atoms with van der Waals surface area (Å²) in [6, 6.07) is 28.7. The predicted octanol–water partition coefficient (Wildman–Crippen LogP) is 12.8. The minimum atomic E-state index is -0.597. The average molecular weight is 733 g/mol. The van der Waals surface area contributed by atoms with Crippen LogP contribution in [0.4, 0.5) is 22.7 Å². The van der Waals surface area contributed by atoms with Crippen LogP contribution in [-0.2, 0) is 9.59 Å². The third-order valence-electron chi connectivity index (χ3n) is 9.25. The molecule has 10 nitrogen and oxygen atoms in total. The number of carbonyl (C=O) groups is 2. The lowest BCUT2D eigenvalue weighted by Gasteiger charge is -2.28. The summed E-state index contributed by atoms with van der Waals surface area (Å²) in [4.78, 5) is 26.6. The molecule has 10 heteroatoms. The van der Waals surface area contributed by atoms with Crippen LogP contribution in [0, 0.1) is 11.8 Å². The molecule has 2 atom stereocenters. The van der Waals surface area contributed by atoms with E-state index < -0.39 is 23.8 Å². The van der Waals surface area contributed by atoms with Crippen LogP contribution < -0.4 is 18.9 Å². The number of unbranched alkanes of at least 4 members (excludes halogenated alkanes) is 6. The Kier molecular flexibility index (Phi) is 16.2. The molecule has 284 valence electrons. The summed E-state index contributed by atoms with van der Waals surface area (Å²) in [5, 5.41) is 17.2. The summed E-state index contributed by atoms with van der Waals surface area (Å²) in [6.45, 7) is 5.80. The summed E-state index contributed by atoms with van der Waals surface area (Å²) in [6.07, 6.45) is 12.1. The van der Waals surface area contributed by atoms with Crippen molar-refractivity contribution in [2.75, 3.05) is 13.2 Å². The number of hydrogen-bond donors (Lipinski definition) is 0. The van der Waals surface area contributed by atoms with Crippen LogP contribution in [0.25, 0.3) is 0 Å². The van der Waals surface area contributed by atoms with Crippen LogP contribution in [0.5, 0.6) is 23.0 Å². The molecular weight excluding hydrogens is 681 g/mol. The highest BCUT2D eigenvalue weighted by Crippen LogP contribution is 2.34. The number of ether oxygens (including phenoxy) is 4. The fraction of sp³-hybridized carbons (Fsp3) is 0.409. The van der Waals surface area contributed by atoms with Crippen LogP contribution in [0.15, 0.2) is 118 Å². The summed E-state index contributed by atoms with van der Waals surface area (Å²) in [5.41, 5.74) is 2.64. The maximum absolute atomic E-state index is 13.3. The molecule has 0 aliphatic heterocycles. The highest BCUT2D eigenvalue weighted by atomic mass is 16.5. The van der Waals surface area contributed by atoms with E-state index in [1.807, 2.05) is 48.5 Å². The standard InChI is InChI=1S/C44H52N4O6/c1-3-5-7-11-31-51-37-23-15-33(16-24-37)45-47-35-19-27-39(28-20-35)53-43(49)41-13-9-10-14-42(41)44(50)54-40-29-21-36(22-30-40)48-46-34-17-25-38(26-18-34)52-32-12-8-6-4-2/h15-30,41-42H,3-14,31-32H2,1-2H3/t41-,42-/m1/s1. The average Bonchev–Trinajstić information content (AvgIpc) is 3.21. The van der Waals surface area contributed by atoms with Crippen molar-refractivity contribution in [3.8, 4) is 23.0 Å². The molecule has 4 aromatic rings. The number of nitrogens with zero attached hydrogens (tertiary/aromatic N) is 4. The fourth-order valence-electron chi connectivity index (χ4n) is 6.13. The minimum absolute atomic E-state index is 0.379. The first-order valence-electron chi connectivity index (χ1n) is 19.4. The molecule has 0 amide bonds. The van der Waals surface area contributed by atoms with Crippen LogP contribution in [0.2, 0.25) is 0 Å². The summed E-state index contributed by atoms with van der Waals surface area (Å²) in [7, 11) is 0. The molecule has 1 saturated carbocycles. The van der Waals surface area contributed by atoms with Gasteiger partial charge in [-0.3, -0.25) is 9.59 Å². The van der Waals surface area contributed by atoms with Crippen LogP contribution in [0.3, 0.4) is 0 Å². The number of azo groups is 2. The topological polar surface area (TPSA) is 121 Å². The Morgan fingerprint density at radius 1 is 0.463 bits per heavy atom. The van der Waals surface area contributed by atoms with Crippen molar-refractivity contribution in [1.29, 1.82) is 0 Å². The van der Waals surface area contributed by atoms with E-state index in [0.717, 1.165) is 37.2 Å². The molecule has 0 aromatic heterocycles. The lowest BCUT2D eigenvalue weighted by Crippen LogP contribution is -2.37. The monoisotopic (exact) mass is 732 g/mol. The molecule has 5 rings (SSSR count). The Balaban J connectivity index is 1.07.